The van der Waals surface area contributed by atoms with Gasteiger partial charge >= 0.3 is 5.97 Å². The molecule has 0 aliphatic rings. The van der Waals surface area contributed by atoms with Crippen LogP contribution >= 0.6 is 0 Å². The number of ketones is 1. The number of Topliss-reactive ketones (excluding diaryl/α,β-unsaturated/α-hetero) is 1. The van der Waals surface area contributed by atoms with E-state index in [9.17, 15) is 28.8 Å². The van der Waals surface area contributed by atoms with Crippen LogP contribution in [0.1, 0.15) is 54.6 Å². The van der Waals surface area contributed by atoms with Crippen molar-refractivity contribution in [2.24, 2.45) is 5.73 Å². The molecule has 13 nitrogen and oxygen atoms in total. The Morgan fingerprint density at radius 1 is 0.717 bits per heavy atom. The molecule has 0 spiro atoms. The third-order valence-electron chi connectivity index (χ3n) is 8.64. The Morgan fingerprint density at radius 3 is 2.00 bits per heavy atom. The molecule has 0 unspecified atom stereocenters. The summed E-state index contributed by atoms with van der Waals surface area (Å²) in [6.45, 7) is 2.99. The van der Waals surface area contributed by atoms with Crippen molar-refractivity contribution >= 4 is 51.8 Å². The van der Waals surface area contributed by atoms with Crippen LogP contribution in [0.2, 0.25) is 0 Å². The third kappa shape index (κ3) is 11.6. The Kier molecular flexibility index (Phi) is 14.1. The second kappa shape index (κ2) is 18.8. The van der Waals surface area contributed by atoms with Crippen molar-refractivity contribution in [3.8, 4) is 5.75 Å². The number of rotatable bonds is 19. The summed E-state index contributed by atoms with van der Waals surface area (Å²) in [4.78, 5) is 75.3. The van der Waals surface area contributed by atoms with Crippen molar-refractivity contribution in [1.82, 2.24) is 16.0 Å². The van der Waals surface area contributed by atoms with Gasteiger partial charge in [-0.25, -0.2) is 0 Å². The summed E-state index contributed by atoms with van der Waals surface area (Å²) in [5.74, 6) is -3.01. The number of fused-ring (bicyclic) bond motifs is 1. The minimum Gasteiger partial charge on any atom is -0.496 e. The highest BCUT2D eigenvalue weighted by atomic mass is 16.5. The third-order valence-corrected chi connectivity index (χ3v) is 8.64. The van der Waals surface area contributed by atoms with E-state index in [-0.39, 0.29) is 37.9 Å². The van der Waals surface area contributed by atoms with E-state index in [0.717, 1.165) is 21.9 Å². The first-order chi connectivity index (χ1) is 25.3. The van der Waals surface area contributed by atoms with Gasteiger partial charge in [0, 0.05) is 48.4 Å². The predicted molar refractivity (Wildman–Crippen MR) is 200 cm³/mol. The molecule has 0 fully saturated rings. The molecule has 4 rings (SSSR count). The number of nitrogens with two attached hydrogens (primary N) is 1. The number of amides is 4. The Labute approximate surface area is 307 Å². The van der Waals surface area contributed by atoms with Gasteiger partial charge in [-0.3, -0.25) is 28.8 Å². The number of nitrogens with one attached hydrogen (secondary N) is 4. The standard InChI is InChI=1S/C40H45N5O8/c1-24(42-39(51)25(2)43-40(52)33(21-26-10-5-4-6-11-26)45-35(46)14-9-15-36(47)48)37(49)28-18-16-27(17-19-28)20-32(38(41)50)44-30-22-29-12-7-8-13-31(29)34(23-30)53-3/h4-8,10-13,16-19,22-25,32-33,44H,9,14-15,20-21H2,1-3H3,(H2,41,50)(H,42,51)(H,43,52)(H,45,46)(H,47,48)/t24-,25-,32-,33-/m0/s1. The van der Waals surface area contributed by atoms with Crippen LogP contribution in [0.5, 0.6) is 5.75 Å². The van der Waals surface area contributed by atoms with Crippen molar-refractivity contribution in [3.05, 3.63) is 108 Å². The second-order valence-electron chi connectivity index (χ2n) is 12.8. The van der Waals surface area contributed by atoms with E-state index in [0.29, 0.717) is 17.0 Å². The first-order valence-corrected chi connectivity index (χ1v) is 17.3. The highest BCUT2D eigenvalue weighted by Crippen LogP contribution is 2.30. The lowest BCUT2D eigenvalue weighted by atomic mass is 9.99. The summed E-state index contributed by atoms with van der Waals surface area (Å²) in [5, 5.41) is 21.8. The van der Waals surface area contributed by atoms with E-state index >= 15 is 0 Å². The second-order valence-corrected chi connectivity index (χ2v) is 12.8. The number of primary amides is 1. The fourth-order valence-corrected chi connectivity index (χ4v) is 5.75. The van der Waals surface area contributed by atoms with Gasteiger partial charge in [-0.1, -0.05) is 78.9 Å². The molecule has 4 amide bonds. The van der Waals surface area contributed by atoms with Crippen molar-refractivity contribution in [2.45, 2.75) is 70.1 Å². The minimum atomic E-state index is -1.05. The molecule has 0 heterocycles. The van der Waals surface area contributed by atoms with Gasteiger partial charge in [0.15, 0.2) is 5.78 Å². The van der Waals surface area contributed by atoms with Crippen LogP contribution in [0, 0.1) is 0 Å². The lowest BCUT2D eigenvalue weighted by Gasteiger charge is -2.22. The van der Waals surface area contributed by atoms with Gasteiger partial charge in [0.1, 0.15) is 23.9 Å². The van der Waals surface area contributed by atoms with Crippen LogP contribution in [-0.4, -0.2) is 71.8 Å². The Morgan fingerprint density at radius 2 is 1.34 bits per heavy atom. The number of carboxylic acid groups (broad SMARTS) is 1. The molecule has 7 N–H and O–H groups in total. The largest absolute Gasteiger partial charge is 0.496 e. The lowest BCUT2D eigenvalue weighted by molar-refractivity contribution is -0.137. The number of hydrogen-bond acceptors (Lipinski definition) is 8. The molecular weight excluding hydrogens is 678 g/mol. The van der Waals surface area contributed by atoms with E-state index < -0.39 is 53.8 Å². The molecule has 53 heavy (non-hydrogen) atoms. The monoisotopic (exact) mass is 723 g/mol. The number of anilines is 1. The van der Waals surface area contributed by atoms with Crippen molar-refractivity contribution in [3.63, 3.8) is 0 Å². The van der Waals surface area contributed by atoms with Crippen molar-refractivity contribution in [1.29, 1.82) is 0 Å². The SMILES string of the molecule is COc1cc(N[C@@H](Cc2ccc(C(=O)[C@H](C)NC(=O)[C@H](C)NC(=O)[C@H](Cc3ccccc3)NC(=O)CCCC(=O)O)cc2)C(N)=O)cc2ccccc12. The molecule has 0 saturated carbocycles. The summed E-state index contributed by atoms with van der Waals surface area (Å²) >= 11 is 0. The average molecular weight is 724 g/mol. The number of benzene rings is 4. The first kappa shape index (κ1) is 39.5. The predicted octanol–water partition coefficient (Wildman–Crippen LogP) is 3.53. The Hall–Kier alpha value is -6.24. The number of carboxylic acids is 1. The van der Waals surface area contributed by atoms with E-state index in [1.165, 1.54) is 13.8 Å². The number of methoxy groups -OCH3 is 1. The molecule has 4 aromatic carbocycles. The molecule has 4 aromatic rings. The molecule has 278 valence electrons. The van der Waals surface area contributed by atoms with Crippen LogP contribution in [0.15, 0.2) is 91.0 Å². The van der Waals surface area contributed by atoms with Crippen LogP contribution in [0.3, 0.4) is 0 Å². The molecule has 0 saturated heterocycles. The molecular formula is C40H45N5O8. The fourth-order valence-electron chi connectivity index (χ4n) is 5.75. The zero-order valence-electron chi connectivity index (χ0n) is 29.9. The summed E-state index contributed by atoms with van der Waals surface area (Å²) in [5.41, 5.74) is 8.25. The maximum atomic E-state index is 13.3. The number of ether oxygens (including phenoxy) is 1. The fraction of sp³-hybridized carbons (Fsp3) is 0.300. The summed E-state index contributed by atoms with van der Waals surface area (Å²) in [6, 6.07) is 23.3. The average Bonchev–Trinajstić information content (AvgIpc) is 3.14. The van der Waals surface area contributed by atoms with E-state index in [1.807, 2.05) is 36.4 Å². The summed E-state index contributed by atoms with van der Waals surface area (Å²) in [7, 11) is 1.58. The van der Waals surface area contributed by atoms with Crippen LogP contribution in [-0.2, 0) is 36.8 Å². The van der Waals surface area contributed by atoms with Crippen LogP contribution in [0.4, 0.5) is 5.69 Å². The Balaban J connectivity index is 1.34. The first-order valence-electron chi connectivity index (χ1n) is 17.3. The normalized spacial score (nSPS) is 13.1. The lowest BCUT2D eigenvalue weighted by Crippen LogP contribution is -2.54. The van der Waals surface area contributed by atoms with Gasteiger partial charge < -0.3 is 36.8 Å². The Bertz CT molecular complexity index is 1930. The van der Waals surface area contributed by atoms with E-state index in [1.54, 1.807) is 61.7 Å². The quantitative estimate of drug-likeness (QED) is 0.0782. The van der Waals surface area contributed by atoms with Gasteiger partial charge in [-0.15, -0.1) is 0 Å². The molecule has 0 aromatic heterocycles. The summed E-state index contributed by atoms with van der Waals surface area (Å²) in [6.07, 6.45) is 0.242. The summed E-state index contributed by atoms with van der Waals surface area (Å²) < 4.78 is 5.53. The highest BCUT2D eigenvalue weighted by molar-refractivity contribution is 6.02. The maximum Gasteiger partial charge on any atom is 0.303 e. The van der Waals surface area contributed by atoms with Gasteiger partial charge in [0.25, 0.3) is 0 Å². The van der Waals surface area contributed by atoms with E-state index in [4.69, 9.17) is 15.6 Å². The minimum absolute atomic E-state index is 0.0783. The zero-order chi connectivity index (χ0) is 38.5. The highest BCUT2D eigenvalue weighted by Gasteiger charge is 2.27. The van der Waals surface area contributed by atoms with Crippen LogP contribution in [0.25, 0.3) is 10.8 Å². The van der Waals surface area contributed by atoms with E-state index in [2.05, 4.69) is 21.3 Å². The van der Waals surface area contributed by atoms with Crippen molar-refractivity contribution in [2.75, 3.05) is 12.4 Å². The number of carbonyl (C=O) groups excluding carboxylic acids is 5. The molecule has 0 aliphatic carbocycles. The topological polar surface area (TPSA) is 206 Å². The van der Waals surface area contributed by atoms with Gasteiger partial charge in [0.05, 0.1) is 13.2 Å². The molecule has 0 radical (unpaired) electrons. The molecule has 13 heteroatoms. The molecule has 0 bridgehead atoms. The zero-order valence-corrected chi connectivity index (χ0v) is 29.9. The van der Waals surface area contributed by atoms with Crippen LogP contribution < -0.4 is 31.7 Å². The van der Waals surface area contributed by atoms with Gasteiger partial charge in [0.2, 0.25) is 23.6 Å². The van der Waals surface area contributed by atoms with Gasteiger partial charge in [-0.2, -0.15) is 0 Å². The number of carbonyl (C=O) groups is 6. The van der Waals surface area contributed by atoms with Crippen molar-refractivity contribution < 1.29 is 38.6 Å². The number of aliphatic carboxylic acids is 1. The molecule has 0 aliphatic heterocycles. The molecule has 4 atom stereocenters. The van der Waals surface area contributed by atoms with Gasteiger partial charge in [-0.05, 0) is 42.8 Å². The number of hydrogen-bond donors (Lipinski definition) is 6. The maximum absolute atomic E-state index is 13.3. The smallest absolute Gasteiger partial charge is 0.303 e.